The van der Waals surface area contributed by atoms with Crippen molar-refractivity contribution in [3.8, 4) is 23.2 Å². The molecule has 3 rings (SSSR count). The first-order chi connectivity index (χ1) is 13.2. The quantitative estimate of drug-likeness (QED) is 0.634. The van der Waals surface area contributed by atoms with Crippen molar-refractivity contribution in [1.82, 2.24) is 19.4 Å². The third kappa shape index (κ3) is 3.74. The van der Waals surface area contributed by atoms with Crippen LogP contribution in [0.1, 0.15) is 12.6 Å². The summed E-state index contributed by atoms with van der Waals surface area (Å²) < 4.78 is 69.7. The molecule has 0 saturated heterocycles. The molecule has 28 heavy (non-hydrogen) atoms. The molecule has 3 heterocycles. The molecule has 146 valence electrons. The zero-order valence-electron chi connectivity index (χ0n) is 14.3. The average molecular weight is 411 g/mol. The van der Waals surface area contributed by atoms with Crippen molar-refractivity contribution in [2.24, 2.45) is 0 Å². The van der Waals surface area contributed by atoms with Crippen LogP contribution in [0.15, 0.2) is 35.7 Å². The lowest BCUT2D eigenvalue weighted by molar-refractivity contribution is -0.141. The van der Waals surface area contributed by atoms with Crippen LogP contribution in [0.3, 0.4) is 0 Å². The number of hydrogen-bond donors (Lipinski definition) is 0. The van der Waals surface area contributed by atoms with Crippen LogP contribution in [0.2, 0.25) is 0 Å². The van der Waals surface area contributed by atoms with Crippen LogP contribution in [0.4, 0.5) is 13.2 Å². The number of aromatic nitrogens is 4. The van der Waals surface area contributed by atoms with Crippen molar-refractivity contribution in [1.29, 1.82) is 5.26 Å². The molecular weight excluding hydrogens is 399 g/mol. The number of imidazole rings is 1. The summed E-state index contributed by atoms with van der Waals surface area (Å²) in [7, 11) is -3.76. The summed E-state index contributed by atoms with van der Waals surface area (Å²) in [4.78, 5) is 11.2. The Kier molecular flexibility index (Phi) is 4.95. The van der Waals surface area contributed by atoms with Gasteiger partial charge in [-0.25, -0.2) is 23.4 Å². The van der Waals surface area contributed by atoms with Gasteiger partial charge in [0.2, 0.25) is 0 Å². The van der Waals surface area contributed by atoms with Crippen LogP contribution in [0.25, 0.3) is 17.0 Å². The monoisotopic (exact) mass is 411 g/mol. The van der Waals surface area contributed by atoms with Crippen LogP contribution in [-0.2, 0) is 16.0 Å². The van der Waals surface area contributed by atoms with E-state index in [2.05, 4.69) is 15.0 Å². The van der Waals surface area contributed by atoms with Crippen molar-refractivity contribution >= 4 is 15.5 Å². The van der Waals surface area contributed by atoms with E-state index in [9.17, 15) is 21.6 Å². The first kappa shape index (κ1) is 19.6. The third-order valence-electron chi connectivity index (χ3n) is 3.73. The molecule has 0 saturated carbocycles. The molecule has 0 atom stereocenters. The molecule has 8 nitrogen and oxygen atoms in total. The number of alkyl halides is 3. The third-order valence-corrected chi connectivity index (χ3v) is 5.47. The van der Waals surface area contributed by atoms with Crippen molar-refractivity contribution in [3.63, 3.8) is 0 Å². The minimum Gasteiger partial charge on any atom is -0.477 e. The highest BCUT2D eigenvalue weighted by molar-refractivity contribution is 7.91. The predicted molar refractivity (Wildman–Crippen MR) is 90.1 cm³/mol. The number of nitrogens with zero attached hydrogens (tertiary/aromatic N) is 5. The topological polar surface area (TPSA) is 110 Å². The van der Waals surface area contributed by atoms with Gasteiger partial charge in [-0.3, -0.25) is 4.40 Å². The van der Waals surface area contributed by atoms with Crippen LogP contribution in [0, 0.1) is 11.3 Å². The lowest BCUT2D eigenvalue weighted by atomic mass is 10.3. The molecule has 0 aliphatic rings. The van der Waals surface area contributed by atoms with Crippen molar-refractivity contribution in [2.75, 3.05) is 12.4 Å². The van der Waals surface area contributed by atoms with Gasteiger partial charge >= 0.3 is 6.18 Å². The van der Waals surface area contributed by atoms with E-state index in [4.69, 9.17) is 10.00 Å². The van der Waals surface area contributed by atoms with E-state index >= 15 is 0 Å². The minimum absolute atomic E-state index is 0.0385. The fraction of sp³-hybridized carbons (Fsp3) is 0.250. The Morgan fingerprint density at radius 2 is 2.04 bits per heavy atom. The zero-order valence-corrected chi connectivity index (χ0v) is 15.1. The second-order valence-electron chi connectivity index (χ2n) is 5.53. The Bertz CT molecular complexity index is 1180. The Hall–Kier alpha value is -3.20. The largest absolute Gasteiger partial charge is 0.477 e. The maximum absolute atomic E-state index is 12.8. The average Bonchev–Trinajstić information content (AvgIpc) is 3.08. The normalized spacial score (nSPS) is 12.1. The number of nitriles is 1. The first-order valence-corrected chi connectivity index (χ1v) is 9.46. The van der Waals surface area contributed by atoms with E-state index in [1.807, 2.05) is 0 Å². The molecule has 0 fully saturated rings. The maximum atomic E-state index is 12.8. The predicted octanol–water partition coefficient (Wildman–Crippen LogP) is 2.51. The molecule has 0 radical (unpaired) electrons. The number of fused-ring (bicyclic) bond motifs is 1. The summed E-state index contributed by atoms with van der Waals surface area (Å²) in [6.07, 6.45) is -1.16. The SMILES string of the molecule is CCS(=O)(=O)c1cc(OCC#N)cnc1-c1cn2cnc(C(F)(F)F)cc2n1. The van der Waals surface area contributed by atoms with Crippen LogP contribution in [0.5, 0.6) is 5.75 Å². The molecule has 12 heteroatoms. The summed E-state index contributed by atoms with van der Waals surface area (Å²) >= 11 is 0. The van der Waals surface area contributed by atoms with Gasteiger partial charge < -0.3 is 4.74 Å². The number of hydrogen-bond acceptors (Lipinski definition) is 7. The second kappa shape index (κ2) is 7.08. The van der Waals surface area contributed by atoms with Gasteiger partial charge in [-0.15, -0.1) is 0 Å². The van der Waals surface area contributed by atoms with E-state index in [-0.39, 0.29) is 40.0 Å². The molecule has 0 spiro atoms. The Labute approximate surface area is 157 Å². The summed E-state index contributed by atoms with van der Waals surface area (Å²) in [6.45, 7) is 1.14. The smallest absolute Gasteiger partial charge is 0.433 e. The lowest BCUT2D eigenvalue weighted by Gasteiger charge is -2.09. The van der Waals surface area contributed by atoms with Gasteiger partial charge in [0.1, 0.15) is 40.9 Å². The van der Waals surface area contributed by atoms with Gasteiger partial charge in [-0.2, -0.15) is 18.4 Å². The number of halogens is 3. The second-order valence-corrected chi connectivity index (χ2v) is 7.78. The fourth-order valence-electron chi connectivity index (χ4n) is 2.37. The van der Waals surface area contributed by atoms with Crippen molar-refractivity contribution in [2.45, 2.75) is 18.0 Å². The molecule has 0 aliphatic heterocycles. The first-order valence-electron chi connectivity index (χ1n) is 7.80. The van der Waals surface area contributed by atoms with Gasteiger partial charge in [0.25, 0.3) is 0 Å². The number of sulfone groups is 1. The van der Waals surface area contributed by atoms with Gasteiger partial charge in [0.15, 0.2) is 16.4 Å². The Morgan fingerprint density at radius 3 is 2.68 bits per heavy atom. The van der Waals surface area contributed by atoms with Crippen LogP contribution >= 0.6 is 0 Å². The summed E-state index contributed by atoms with van der Waals surface area (Å²) in [6, 6.07) is 3.72. The molecule has 0 aliphatic carbocycles. The molecular formula is C16H12F3N5O3S. The summed E-state index contributed by atoms with van der Waals surface area (Å²) in [5.41, 5.74) is -1.17. The Balaban J connectivity index is 2.16. The molecule has 0 N–H and O–H groups in total. The van der Waals surface area contributed by atoms with E-state index in [0.717, 1.165) is 12.4 Å². The maximum Gasteiger partial charge on any atom is 0.433 e. The van der Waals surface area contributed by atoms with Crippen molar-refractivity contribution < 1.29 is 26.3 Å². The molecule has 3 aromatic rings. The zero-order chi connectivity index (χ0) is 20.5. The highest BCUT2D eigenvalue weighted by atomic mass is 32.2. The minimum atomic E-state index is -4.64. The van der Waals surface area contributed by atoms with Crippen molar-refractivity contribution in [3.05, 3.63) is 36.5 Å². The molecule has 0 unspecified atom stereocenters. The number of pyridine rings is 1. The number of ether oxygens (including phenoxy) is 1. The van der Waals surface area contributed by atoms with Gasteiger partial charge in [0, 0.05) is 18.3 Å². The molecule has 3 aromatic heterocycles. The van der Waals surface area contributed by atoms with Gasteiger partial charge in [0.05, 0.1) is 16.8 Å². The van der Waals surface area contributed by atoms with E-state index in [1.165, 1.54) is 29.8 Å². The van der Waals surface area contributed by atoms with E-state index in [0.29, 0.717) is 0 Å². The van der Waals surface area contributed by atoms with Gasteiger partial charge in [-0.1, -0.05) is 6.92 Å². The fourth-order valence-corrected chi connectivity index (χ4v) is 3.42. The van der Waals surface area contributed by atoms with E-state index in [1.54, 1.807) is 6.07 Å². The molecule has 0 aromatic carbocycles. The standard InChI is InChI=1S/C16H12F3N5O3S/c1-2-28(25,26)12-5-10(27-4-3-20)7-21-15(12)11-8-24-9-22-13(16(17,18)19)6-14(24)23-11/h5-9H,2,4H2,1H3. The summed E-state index contributed by atoms with van der Waals surface area (Å²) in [5.74, 6) is -0.168. The highest BCUT2D eigenvalue weighted by Crippen LogP contribution is 2.31. The lowest BCUT2D eigenvalue weighted by Crippen LogP contribution is -2.08. The van der Waals surface area contributed by atoms with Crippen LogP contribution in [-0.4, -0.2) is 40.1 Å². The number of rotatable bonds is 5. The van der Waals surface area contributed by atoms with E-state index < -0.39 is 21.7 Å². The van der Waals surface area contributed by atoms with Gasteiger partial charge in [-0.05, 0) is 0 Å². The molecule has 0 amide bonds. The van der Waals surface area contributed by atoms with Crippen LogP contribution < -0.4 is 4.74 Å². The molecule has 0 bridgehead atoms. The summed E-state index contributed by atoms with van der Waals surface area (Å²) in [5, 5.41) is 8.58. The highest BCUT2D eigenvalue weighted by Gasteiger charge is 2.33. The Morgan fingerprint density at radius 1 is 1.29 bits per heavy atom.